The Balaban J connectivity index is 2.47. The fourth-order valence-corrected chi connectivity index (χ4v) is 2.85. The highest BCUT2D eigenvalue weighted by atomic mass is 32.2. The number of aromatic carboxylic acids is 1. The minimum absolute atomic E-state index is 0.158. The van der Waals surface area contributed by atoms with Crippen molar-refractivity contribution in [1.82, 2.24) is 0 Å². The van der Waals surface area contributed by atoms with Crippen LogP contribution in [0.15, 0.2) is 53.4 Å². The van der Waals surface area contributed by atoms with Gasteiger partial charge in [0.1, 0.15) is 0 Å². The Kier molecular flexibility index (Phi) is 4.33. The monoisotopic (exact) mass is 345 g/mol. The minimum Gasteiger partial charge on any atom is -0.478 e. The Hall–Kier alpha value is -2.55. The summed E-state index contributed by atoms with van der Waals surface area (Å²) in [5.41, 5.74) is -2.42. The molecule has 9 heteroatoms. The van der Waals surface area contributed by atoms with Crippen LogP contribution >= 0.6 is 0 Å². The van der Waals surface area contributed by atoms with Crippen LogP contribution in [0.3, 0.4) is 0 Å². The van der Waals surface area contributed by atoms with Crippen LogP contribution in [0.2, 0.25) is 0 Å². The third kappa shape index (κ3) is 4.01. The van der Waals surface area contributed by atoms with E-state index in [1.165, 1.54) is 24.3 Å². The fourth-order valence-electron chi connectivity index (χ4n) is 1.79. The molecule has 0 saturated carbocycles. The molecule has 0 heterocycles. The Morgan fingerprint density at radius 3 is 2.17 bits per heavy atom. The molecule has 0 unspecified atom stereocenters. The van der Waals surface area contributed by atoms with Gasteiger partial charge in [-0.05, 0) is 30.3 Å². The molecule has 0 aliphatic rings. The lowest BCUT2D eigenvalue weighted by molar-refractivity contribution is -0.137. The normalized spacial score (nSPS) is 12.0. The van der Waals surface area contributed by atoms with Crippen LogP contribution in [0.1, 0.15) is 15.9 Å². The maximum Gasteiger partial charge on any atom is 0.416 e. The van der Waals surface area contributed by atoms with Crippen molar-refractivity contribution in [1.29, 1.82) is 0 Å². The van der Waals surface area contributed by atoms with Crippen molar-refractivity contribution >= 4 is 21.7 Å². The average Bonchev–Trinajstić information content (AvgIpc) is 2.46. The van der Waals surface area contributed by atoms with Gasteiger partial charge in [0.2, 0.25) is 0 Å². The Labute approximate surface area is 129 Å². The van der Waals surface area contributed by atoms with Crippen molar-refractivity contribution in [2.45, 2.75) is 11.1 Å². The number of alkyl halides is 3. The second-order valence-electron chi connectivity index (χ2n) is 4.52. The molecular formula is C14H10F3NO4S. The van der Waals surface area contributed by atoms with Gasteiger partial charge in [-0.3, -0.25) is 4.72 Å². The summed E-state index contributed by atoms with van der Waals surface area (Å²) < 4.78 is 64.5. The number of sulfonamides is 1. The van der Waals surface area contributed by atoms with Gasteiger partial charge in [0, 0.05) is 0 Å². The maximum absolute atomic E-state index is 12.8. The fraction of sp³-hybridized carbons (Fsp3) is 0.0714. The van der Waals surface area contributed by atoms with Crippen LogP contribution < -0.4 is 4.72 Å². The summed E-state index contributed by atoms with van der Waals surface area (Å²) in [6.07, 6.45) is -4.81. The molecule has 0 atom stereocenters. The summed E-state index contributed by atoms with van der Waals surface area (Å²) in [5.74, 6) is -1.60. The predicted octanol–water partition coefficient (Wildman–Crippen LogP) is 3.20. The van der Waals surface area contributed by atoms with Crippen LogP contribution in [-0.2, 0) is 16.2 Å². The number of halogens is 3. The van der Waals surface area contributed by atoms with Gasteiger partial charge in [-0.25, -0.2) is 13.2 Å². The van der Waals surface area contributed by atoms with Gasteiger partial charge >= 0.3 is 12.1 Å². The summed E-state index contributed by atoms with van der Waals surface area (Å²) in [5, 5.41) is 8.87. The van der Waals surface area contributed by atoms with E-state index in [9.17, 15) is 26.4 Å². The first-order valence-electron chi connectivity index (χ1n) is 6.13. The first kappa shape index (κ1) is 16.8. The molecule has 122 valence electrons. The Bertz CT molecular complexity index is 833. The summed E-state index contributed by atoms with van der Waals surface area (Å²) in [6, 6.07) is 8.77. The molecule has 2 rings (SSSR count). The highest BCUT2D eigenvalue weighted by Gasteiger charge is 2.32. The van der Waals surface area contributed by atoms with E-state index in [1.54, 1.807) is 6.07 Å². The smallest absolute Gasteiger partial charge is 0.416 e. The van der Waals surface area contributed by atoms with Crippen molar-refractivity contribution in [3.8, 4) is 0 Å². The van der Waals surface area contributed by atoms with Gasteiger partial charge in [0.15, 0.2) is 0 Å². The van der Waals surface area contributed by atoms with Crippen LogP contribution in [0.4, 0.5) is 18.9 Å². The molecule has 0 aromatic heterocycles. The van der Waals surface area contributed by atoms with Crippen molar-refractivity contribution < 1.29 is 31.5 Å². The standard InChI is InChI=1S/C14H10F3NO4S/c15-14(16,17)10-6-9(13(19)20)7-11(8-10)18-23(21,22)12-4-2-1-3-5-12/h1-8,18H,(H,19,20). The lowest BCUT2D eigenvalue weighted by Crippen LogP contribution is -2.15. The van der Waals surface area contributed by atoms with E-state index in [0.29, 0.717) is 12.1 Å². The van der Waals surface area contributed by atoms with E-state index < -0.39 is 39.0 Å². The molecule has 2 N–H and O–H groups in total. The molecule has 0 radical (unpaired) electrons. The summed E-state index contributed by atoms with van der Waals surface area (Å²) in [6.45, 7) is 0. The number of nitrogens with one attached hydrogen (secondary N) is 1. The van der Waals surface area contributed by atoms with Gasteiger partial charge < -0.3 is 5.11 Å². The van der Waals surface area contributed by atoms with Crippen LogP contribution in [0.25, 0.3) is 0 Å². The number of rotatable bonds is 4. The molecule has 0 amide bonds. The maximum atomic E-state index is 12.8. The van der Waals surface area contributed by atoms with Crippen LogP contribution in [-0.4, -0.2) is 19.5 Å². The van der Waals surface area contributed by atoms with Gasteiger partial charge in [-0.1, -0.05) is 18.2 Å². The number of carboxylic acid groups (broad SMARTS) is 1. The van der Waals surface area contributed by atoms with Crippen molar-refractivity contribution in [3.63, 3.8) is 0 Å². The molecule has 0 fully saturated rings. The van der Waals surface area contributed by atoms with Gasteiger partial charge in [0.25, 0.3) is 10.0 Å². The van der Waals surface area contributed by atoms with E-state index >= 15 is 0 Å². The van der Waals surface area contributed by atoms with E-state index in [-0.39, 0.29) is 4.90 Å². The zero-order valence-corrected chi connectivity index (χ0v) is 12.1. The van der Waals surface area contributed by atoms with Crippen LogP contribution in [0.5, 0.6) is 0 Å². The predicted molar refractivity (Wildman–Crippen MR) is 75.7 cm³/mol. The number of carbonyl (C=O) groups is 1. The number of benzene rings is 2. The number of carboxylic acids is 1. The van der Waals surface area contributed by atoms with E-state index in [2.05, 4.69) is 0 Å². The third-order valence-electron chi connectivity index (χ3n) is 2.81. The molecule has 0 aliphatic carbocycles. The molecule has 0 aliphatic heterocycles. The molecule has 0 spiro atoms. The lowest BCUT2D eigenvalue weighted by atomic mass is 10.1. The first-order chi connectivity index (χ1) is 10.6. The Morgan fingerprint density at radius 1 is 1.04 bits per heavy atom. The third-order valence-corrected chi connectivity index (χ3v) is 4.21. The van der Waals surface area contributed by atoms with E-state index in [0.717, 1.165) is 6.07 Å². The van der Waals surface area contributed by atoms with Gasteiger partial charge in [0.05, 0.1) is 21.7 Å². The zero-order chi connectivity index (χ0) is 17.3. The molecular weight excluding hydrogens is 335 g/mol. The summed E-state index contributed by atoms with van der Waals surface area (Å²) >= 11 is 0. The van der Waals surface area contributed by atoms with Crippen LogP contribution in [0, 0.1) is 0 Å². The summed E-state index contributed by atoms with van der Waals surface area (Å²) in [4.78, 5) is 10.8. The van der Waals surface area contributed by atoms with Gasteiger partial charge in [-0.15, -0.1) is 0 Å². The highest BCUT2D eigenvalue weighted by molar-refractivity contribution is 7.92. The minimum atomic E-state index is -4.81. The molecule has 2 aromatic rings. The number of hydrogen-bond acceptors (Lipinski definition) is 3. The van der Waals surface area contributed by atoms with Gasteiger partial charge in [-0.2, -0.15) is 13.2 Å². The number of hydrogen-bond donors (Lipinski definition) is 2. The second kappa shape index (κ2) is 5.92. The van der Waals surface area contributed by atoms with Crippen molar-refractivity contribution in [3.05, 3.63) is 59.7 Å². The molecule has 0 bridgehead atoms. The first-order valence-corrected chi connectivity index (χ1v) is 7.61. The SMILES string of the molecule is O=C(O)c1cc(NS(=O)(=O)c2ccccc2)cc(C(F)(F)F)c1. The highest BCUT2D eigenvalue weighted by Crippen LogP contribution is 2.32. The van der Waals surface area contributed by atoms with Crippen molar-refractivity contribution in [2.75, 3.05) is 4.72 Å². The number of anilines is 1. The van der Waals surface area contributed by atoms with E-state index in [1.807, 2.05) is 4.72 Å². The quantitative estimate of drug-likeness (QED) is 0.891. The lowest BCUT2D eigenvalue weighted by Gasteiger charge is -2.12. The second-order valence-corrected chi connectivity index (χ2v) is 6.20. The average molecular weight is 345 g/mol. The van der Waals surface area contributed by atoms with E-state index in [4.69, 9.17) is 5.11 Å². The molecule has 5 nitrogen and oxygen atoms in total. The molecule has 0 saturated heterocycles. The largest absolute Gasteiger partial charge is 0.478 e. The zero-order valence-electron chi connectivity index (χ0n) is 11.3. The topological polar surface area (TPSA) is 83.5 Å². The van der Waals surface area contributed by atoms with Crippen molar-refractivity contribution in [2.24, 2.45) is 0 Å². The molecule has 23 heavy (non-hydrogen) atoms. The summed E-state index contributed by atoms with van der Waals surface area (Å²) in [7, 11) is -4.13. The Morgan fingerprint density at radius 2 is 1.65 bits per heavy atom. The molecule has 2 aromatic carbocycles.